The number of esters is 2. The Morgan fingerprint density at radius 1 is 0.605 bits per heavy atom. The lowest BCUT2D eigenvalue weighted by atomic mass is 10.0. The summed E-state index contributed by atoms with van der Waals surface area (Å²) in [5.74, 6) is -8.68. The Labute approximate surface area is 213 Å². The molecule has 0 saturated heterocycles. The fourth-order valence-corrected chi connectivity index (χ4v) is 2.87. The first-order valence-corrected chi connectivity index (χ1v) is 10.4. The molecular weight excluding hydrogens is 512 g/mol. The van der Waals surface area contributed by atoms with Gasteiger partial charge in [0.05, 0.1) is 0 Å². The summed E-state index contributed by atoms with van der Waals surface area (Å²) in [5, 5.41) is 76.1. The first-order chi connectivity index (χ1) is 17.8. The molecule has 0 bridgehead atoms. The van der Waals surface area contributed by atoms with E-state index in [2.05, 4.69) is 0 Å². The zero-order valence-corrected chi connectivity index (χ0v) is 19.1. The van der Waals surface area contributed by atoms with Crippen LogP contribution in [0.3, 0.4) is 0 Å². The molecule has 0 amide bonds. The van der Waals surface area contributed by atoms with E-state index < -0.39 is 71.3 Å². The molecule has 2 aromatic carbocycles. The number of hydrogen-bond acceptors (Lipinski definition) is 12. The Bertz CT molecular complexity index is 1170. The third-order valence-electron chi connectivity index (χ3n) is 4.78. The number of carbonyl (C=O) groups is 4. The molecule has 0 radical (unpaired) electrons. The summed E-state index contributed by atoms with van der Waals surface area (Å²) in [6, 6.07) is 6.87. The minimum absolute atomic E-state index is 0.173. The van der Waals surface area contributed by atoms with Crippen molar-refractivity contribution in [2.45, 2.75) is 24.4 Å². The van der Waals surface area contributed by atoms with E-state index >= 15 is 0 Å². The topological polar surface area (TPSA) is 249 Å². The quantitative estimate of drug-likeness (QED) is 0.107. The Balaban J connectivity index is 2.30. The number of aromatic hydroxyl groups is 4. The third kappa shape index (κ3) is 7.97. The lowest BCUT2D eigenvalue weighted by Gasteiger charge is -2.29. The molecule has 0 spiro atoms. The molecular formula is C24H22O14. The summed E-state index contributed by atoms with van der Waals surface area (Å²) < 4.78 is 9.64. The van der Waals surface area contributed by atoms with Crippen molar-refractivity contribution in [3.05, 3.63) is 59.7 Å². The maximum Gasteiger partial charge on any atom is 0.336 e. The normalized spacial score (nSPS) is 14.5. The fraction of sp³-hybridized carbons (Fsp3) is 0.167. The van der Waals surface area contributed by atoms with E-state index in [4.69, 9.17) is 9.47 Å². The number of phenols is 4. The molecule has 8 N–H and O–H groups in total. The molecule has 38 heavy (non-hydrogen) atoms. The van der Waals surface area contributed by atoms with Gasteiger partial charge in [-0.3, -0.25) is 0 Å². The highest BCUT2D eigenvalue weighted by molar-refractivity contribution is 5.89. The van der Waals surface area contributed by atoms with Crippen LogP contribution in [-0.4, -0.2) is 89.1 Å². The lowest BCUT2D eigenvalue weighted by Crippen LogP contribution is -2.53. The summed E-state index contributed by atoms with van der Waals surface area (Å²) in [6.07, 6.45) is -6.66. The van der Waals surface area contributed by atoms with Gasteiger partial charge in [-0.05, 0) is 47.5 Å². The van der Waals surface area contributed by atoms with E-state index in [0.717, 1.165) is 36.4 Å². The molecule has 0 fully saturated rings. The minimum atomic E-state index is -2.66. The van der Waals surface area contributed by atoms with E-state index in [1.807, 2.05) is 0 Å². The first kappa shape index (κ1) is 29.2. The molecule has 0 aliphatic rings. The largest absolute Gasteiger partial charge is 0.504 e. The second-order valence-corrected chi connectivity index (χ2v) is 7.53. The van der Waals surface area contributed by atoms with Crippen molar-refractivity contribution in [1.82, 2.24) is 0 Å². The Morgan fingerprint density at radius 2 is 0.947 bits per heavy atom. The molecule has 0 heterocycles. The van der Waals surface area contributed by atoms with E-state index in [-0.39, 0.29) is 11.1 Å². The minimum Gasteiger partial charge on any atom is -0.504 e. The number of rotatable bonds is 11. The molecule has 0 saturated carbocycles. The van der Waals surface area contributed by atoms with Gasteiger partial charge in [-0.15, -0.1) is 0 Å². The van der Waals surface area contributed by atoms with Crippen molar-refractivity contribution < 1.29 is 69.5 Å². The van der Waals surface area contributed by atoms with E-state index in [1.165, 1.54) is 12.1 Å². The van der Waals surface area contributed by atoms with Gasteiger partial charge in [0, 0.05) is 12.2 Å². The van der Waals surface area contributed by atoms with Gasteiger partial charge in [-0.25, -0.2) is 19.2 Å². The summed E-state index contributed by atoms with van der Waals surface area (Å²) in [5.41, 5.74) is 0.345. The van der Waals surface area contributed by atoms with Gasteiger partial charge in [-0.2, -0.15) is 0 Å². The van der Waals surface area contributed by atoms with Crippen molar-refractivity contribution in [3.63, 3.8) is 0 Å². The smallest absolute Gasteiger partial charge is 0.336 e. The van der Waals surface area contributed by atoms with Crippen molar-refractivity contribution in [1.29, 1.82) is 0 Å². The number of aliphatic hydroxyl groups excluding tert-OH is 2. The zero-order chi connectivity index (χ0) is 28.6. The number of benzene rings is 2. The van der Waals surface area contributed by atoms with Gasteiger partial charge in [0.15, 0.2) is 47.4 Å². The highest BCUT2D eigenvalue weighted by atomic mass is 16.6. The standard InChI is InChI=1S/C24H22O14/c25-13-5-1-11(9-15(13)27)3-7-17(29)37-21(19(31)23(33)34)22(20(32)24(35)36)38-18(30)8-4-12-2-6-14(26)16(28)10-12/h1-10,19-22,25-28,31-32H,(H,33,34)(H,35,36). The Kier molecular flexibility index (Phi) is 9.78. The van der Waals surface area contributed by atoms with Crippen molar-refractivity contribution in [2.24, 2.45) is 0 Å². The number of carboxylic acid groups (broad SMARTS) is 2. The second kappa shape index (κ2) is 12.8. The predicted octanol–water partition coefficient (Wildman–Crippen LogP) is -0.0498. The van der Waals surface area contributed by atoms with Crippen LogP contribution < -0.4 is 0 Å². The van der Waals surface area contributed by atoms with E-state index in [0.29, 0.717) is 12.2 Å². The van der Waals surface area contributed by atoms with Crippen LogP contribution in [0.4, 0.5) is 0 Å². The molecule has 14 heteroatoms. The van der Waals surface area contributed by atoms with Crippen molar-refractivity contribution >= 4 is 36.0 Å². The summed E-state index contributed by atoms with van der Waals surface area (Å²) in [7, 11) is 0. The molecule has 2 rings (SSSR count). The van der Waals surface area contributed by atoms with Crippen LogP contribution in [0, 0.1) is 0 Å². The highest BCUT2D eigenvalue weighted by Gasteiger charge is 2.45. The maximum absolute atomic E-state index is 12.3. The molecule has 4 atom stereocenters. The first-order valence-electron chi connectivity index (χ1n) is 10.4. The molecule has 0 aromatic heterocycles. The fourth-order valence-electron chi connectivity index (χ4n) is 2.87. The maximum atomic E-state index is 12.3. The van der Waals surface area contributed by atoms with Gasteiger partial charge < -0.3 is 50.3 Å². The molecule has 202 valence electrons. The second-order valence-electron chi connectivity index (χ2n) is 7.53. The number of carbonyl (C=O) groups excluding carboxylic acids is 2. The summed E-state index contributed by atoms with van der Waals surface area (Å²) >= 11 is 0. The van der Waals surface area contributed by atoms with Crippen LogP contribution in [0.2, 0.25) is 0 Å². The molecule has 0 aliphatic carbocycles. The average molecular weight is 534 g/mol. The van der Waals surface area contributed by atoms with Crippen LogP contribution in [0.15, 0.2) is 48.6 Å². The van der Waals surface area contributed by atoms with Gasteiger partial charge in [0.2, 0.25) is 0 Å². The average Bonchev–Trinajstić information content (AvgIpc) is 2.86. The van der Waals surface area contributed by atoms with Gasteiger partial charge in [0.1, 0.15) is 0 Å². The van der Waals surface area contributed by atoms with Gasteiger partial charge in [-0.1, -0.05) is 12.1 Å². The predicted molar refractivity (Wildman–Crippen MR) is 125 cm³/mol. The number of ether oxygens (including phenoxy) is 2. The van der Waals surface area contributed by atoms with Gasteiger partial charge >= 0.3 is 23.9 Å². The van der Waals surface area contributed by atoms with Crippen LogP contribution in [0.25, 0.3) is 12.2 Å². The number of hydrogen-bond donors (Lipinski definition) is 8. The van der Waals surface area contributed by atoms with Crippen molar-refractivity contribution in [2.75, 3.05) is 0 Å². The zero-order valence-electron chi connectivity index (χ0n) is 19.1. The molecule has 2 aromatic rings. The monoisotopic (exact) mass is 534 g/mol. The van der Waals surface area contributed by atoms with Crippen LogP contribution in [0.5, 0.6) is 23.0 Å². The SMILES string of the molecule is O=C(C=Cc1ccc(O)c(O)c1)OC(C(O)C(=O)O)C(OC(=O)C=Cc1ccc(O)c(O)c1)C(O)C(=O)O. The number of phenolic OH excluding ortho intramolecular Hbond substituents is 4. The highest BCUT2D eigenvalue weighted by Crippen LogP contribution is 2.26. The molecule has 14 nitrogen and oxygen atoms in total. The van der Waals surface area contributed by atoms with Gasteiger partial charge in [0.25, 0.3) is 0 Å². The van der Waals surface area contributed by atoms with Crippen LogP contribution >= 0.6 is 0 Å². The summed E-state index contributed by atoms with van der Waals surface area (Å²) in [4.78, 5) is 47.4. The third-order valence-corrected chi connectivity index (χ3v) is 4.78. The van der Waals surface area contributed by atoms with E-state index in [9.17, 15) is 60.0 Å². The Hall–Kier alpha value is -5.08. The number of aliphatic carboxylic acids is 2. The van der Waals surface area contributed by atoms with E-state index in [1.54, 1.807) is 0 Å². The Morgan fingerprint density at radius 3 is 1.24 bits per heavy atom. The van der Waals surface area contributed by atoms with Crippen LogP contribution in [-0.2, 0) is 28.7 Å². The summed E-state index contributed by atoms with van der Waals surface area (Å²) in [6.45, 7) is 0. The number of aliphatic hydroxyl groups is 2. The van der Waals surface area contributed by atoms with Crippen LogP contribution in [0.1, 0.15) is 11.1 Å². The molecule has 4 unspecified atom stereocenters. The number of carboxylic acids is 2. The lowest BCUT2D eigenvalue weighted by molar-refractivity contribution is -0.194. The van der Waals surface area contributed by atoms with Crippen molar-refractivity contribution in [3.8, 4) is 23.0 Å². The molecule has 0 aliphatic heterocycles.